The Kier molecular flexibility index (Phi) is 12.1. The number of ether oxygens (including phenoxy) is 2. The Hall–Kier alpha value is -1.96. The lowest BCUT2D eigenvalue weighted by Gasteiger charge is -2.14. The van der Waals surface area contributed by atoms with E-state index in [9.17, 15) is 10.2 Å². The third-order valence-electron chi connectivity index (χ3n) is 4.83. The molecule has 2 aromatic carbocycles. The van der Waals surface area contributed by atoms with E-state index in [4.69, 9.17) is 14.6 Å². The maximum Gasteiger partial charge on any atom is 0.121 e. The predicted octanol–water partition coefficient (Wildman–Crippen LogP) is 2.95. The molecule has 0 heterocycles. The van der Waals surface area contributed by atoms with Crippen LogP contribution in [0.3, 0.4) is 0 Å². The summed E-state index contributed by atoms with van der Waals surface area (Å²) in [5.41, 5.74) is 2.46. The van der Waals surface area contributed by atoms with Gasteiger partial charge in [0.15, 0.2) is 0 Å². The van der Waals surface area contributed by atoms with Crippen molar-refractivity contribution < 1.29 is 24.8 Å². The molecule has 2 rings (SSSR count). The molecular weight excluding hydrogens is 382 g/mol. The van der Waals surface area contributed by atoms with E-state index in [0.717, 1.165) is 32.3 Å². The van der Waals surface area contributed by atoms with Crippen LogP contribution < -0.4 is 5.32 Å². The zero-order chi connectivity index (χ0) is 21.4. The molecule has 2 aromatic rings. The highest BCUT2D eigenvalue weighted by Gasteiger charge is 2.12. The molecular formula is C24H35NO5. The molecule has 0 aliphatic heterocycles. The molecule has 0 bridgehead atoms. The summed E-state index contributed by atoms with van der Waals surface area (Å²) in [6.45, 7) is 3.50. The number of aryl methyl sites for hydroxylation is 1. The quantitative estimate of drug-likeness (QED) is 0.314. The molecule has 0 aliphatic rings. The van der Waals surface area contributed by atoms with Crippen molar-refractivity contribution in [3.8, 4) is 5.75 Å². The minimum absolute atomic E-state index is 0.0323. The van der Waals surface area contributed by atoms with Gasteiger partial charge in [-0.3, -0.25) is 0 Å². The van der Waals surface area contributed by atoms with Crippen molar-refractivity contribution in [3.63, 3.8) is 0 Å². The first-order chi connectivity index (χ1) is 14.7. The van der Waals surface area contributed by atoms with Crippen LogP contribution in [-0.4, -0.2) is 54.8 Å². The molecule has 0 spiro atoms. The van der Waals surface area contributed by atoms with Crippen molar-refractivity contribution in [1.29, 1.82) is 0 Å². The van der Waals surface area contributed by atoms with E-state index in [-0.39, 0.29) is 12.4 Å². The zero-order valence-corrected chi connectivity index (χ0v) is 17.6. The highest BCUT2D eigenvalue weighted by Crippen LogP contribution is 2.25. The number of aromatic hydroxyl groups is 1. The van der Waals surface area contributed by atoms with Gasteiger partial charge in [0.1, 0.15) is 5.75 Å². The molecule has 6 heteroatoms. The number of unbranched alkanes of at least 4 members (excludes halogenated alkanes) is 1. The lowest BCUT2D eigenvalue weighted by molar-refractivity contribution is 0.0454. The number of aliphatic hydroxyl groups excluding tert-OH is 2. The Morgan fingerprint density at radius 2 is 1.57 bits per heavy atom. The summed E-state index contributed by atoms with van der Waals surface area (Å²) in [5.74, 6) is 0.0323. The molecule has 0 aliphatic carbocycles. The molecule has 6 nitrogen and oxygen atoms in total. The number of benzene rings is 2. The molecule has 4 N–H and O–H groups in total. The van der Waals surface area contributed by atoms with E-state index in [1.165, 1.54) is 11.6 Å². The molecule has 0 amide bonds. The molecule has 0 saturated carbocycles. The number of phenols is 1. The number of phenolic OH excluding ortho intramolecular Hbond substituents is 1. The second-order valence-corrected chi connectivity index (χ2v) is 7.29. The molecule has 1 unspecified atom stereocenters. The minimum atomic E-state index is -0.826. The van der Waals surface area contributed by atoms with E-state index in [0.29, 0.717) is 44.0 Å². The van der Waals surface area contributed by atoms with Gasteiger partial charge in [0.05, 0.1) is 25.9 Å². The summed E-state index contributed by atoms with van der Waals surface area (Å²) in [7, 11) is 0. The van der Waals surface area contributed by atoms with Crippen LogP contribution in [0.25, 0.3) is 0 Å². The summed E-state index contributed by atoms with van der Waals surface area (Å²) in [5, 5.41) is 32.4. The molecule has 30 heavy (non-hydrogen) atoms. The largest absolute Gasteiger partial charge is 0.508 e. The van der Waals surface area contributed by atoms with Crippen molar-refractivity contribution in [2.24, 2.45) is 0 Å². The highest BCUT2D eigenvalue weighted by molar-refractivity contribution is 5.37. The van der Waals surface area contributed by atoms with Gasteiger partial charge in [-0.2, -0.15) is 0 Å². The van der Waals surface area contributed by atoms with Gasteiger partial charge in [0, 0.05) is 25.3 Å². The maximum atomic E-state index is 10.2. The van der Waals surface area contributed by atoms with E-state index >= 15 is 0 Å². The molecule has 0 aromatic heterocycles. The summed E-state index contributed by atoms with van der Waals surface area (Å²) in [6, 6.07) is 15.2. The van der Waals surface area contributed by atoms with E-state index in [1.807, 2.05) is 6.07 Å². The summed E-state index contributed by atoms with van der Waals surface area (Å²) in [4.78, 5) is 0. The first-order valence-electron chi connectivity index (χ1n) is 10.7. The van der Waals surface area contributed by atoms with Crippen LogP contribution in [0.5, 0.6) is 5.75 Å². The van der Waals surface area contributed by atoms with Crippen LogP contribution in [-0.2, 0) is 22.5 Å². The second kappa shape index (κ2) is 14.9. The van der Waals surface area contributed by atoms with Gasteiger partial charge >= 0.3 is 0 Å². The Morgan fingerprint density at radius 1 is 0.833 bits per heavy atom. The van der Waals surface area contributed by atoms with Crippen LogP contribution in [0.2, 0.25) is 0 Å². The van der Waals surface area contributed by atoms with Gasteiger partial charge in [-0.1, -0.05) is 36.4 Å². The van der Waals surface area contributed by atoms with Crippen LogP contribution in [0, 0.1) is 0 Å². The van der Waals surface area contributed by atoms with E-state index in [2.05, 4.69) is 29.6 Å². The normalized spacial score (nSPS) is 12.2. The topological polar surface area (TPSA) is 91.2 Å². The summed E-state index contributed by atoms with van der Waals surface area (Å²) < 4.78 is 11.1. The summed E-state index contributed by atoms with van der Waals surface area (Å²) in [6.07, 6.45) is 3.27. The molecule has 0 fully saturated rings. The third kappa shape index (κ3) is 9.69. The van der Waals surface area contributed by atoms with Crippen molar-refractivity contribution in [1.82, 2.24) is 5.32 Å². The van der Waals surface area contributed by atoms with Gasteiger partial charge in [-0.15, -0.1) is 0 Å². The number of aliphatic hydroxyl groups is 2. The molecule has 1 atom stereocenters. The van der Waals surface area contributed by atoms with Crippen LogP contribution in [0.4, 0.5) is 0 Å². The standard InChI is InChI=1S/C24H35NO5/c26-19-21-10-11-23(27)22(17-21)24(28)18-25-12-6-14-30-16-15-29-13-5-4-9-20-7-2-1-3-8-20/h1-3,7-8,10-11,17,24-28H,4-6,9,12-16,18-19H2. The first kappa shape index (κ1) is 24.3. The van der Waals surface area contributed by atoms with Gasteiger partial charge < -0.3 is 30.1 Å². The van der Waals surface area contributed by atoms with Crippen LogP contribution in [0.1, 0.15) is 42.1 Å². The maximum absolute atomic E-state index is 10.2. The van der Waals surface area contributed by atoms with Crippen LogP contribution in [0.15, 0.2) is 48.5 Å². The molecule has 0 saturated heterocycles. The number of hydrogen-bond donors (Lipinski definition) is 4. The Morgan fingerprint density at radius 3 is 2.30 bits per heavy atom. The van der Waals surface area contributed by atoms with Crippen molar-refractivity contribution >= 4 is 0 Å². The predicted molar refractivity (Wildman–Crippen MR) is 117 cm³/mol. The second-order valence-electron chi connectivity index (χ2n) is 7.29. The van der Waals surface area contributed by atoms with E-state index in [1.54, 1.807) is 12.1 Å². The molecule has 166 valence electrons. The smallest absolute Gasteiger partial charge is 0.121 e. The lowest BCUT2D eigenvalue weighted by atomic mass is 10.0. The van der Waals surface area contributed by atoms with Crippen molar-refractivity contribution in [2.45, 2.75) is 38.4 Å². The SMILES string of the molecule is OCc1ccc(O)c(C(O)CNCCCOCCOCCCCc2ccccc2)c1. The van der Waals surface area contributed by atoms with Crippen LogP contribution >= 0.6 is 0 Å². The fraction of sp³-hybridized carbons (Fsp3) is 0.500. The first-order valence-corrected chi connectivity index (χ1v) is 10.7. The Bertz CT molecular complexity index is 695. The van der Waals surface area contributed by atoms with Gasteiger partial charge in [0.2, 0.25) is 0 Å². The minimum Gasteiger partial charge on any atom is -0.508 e. The average molecular weight is 418 g/mol. The monoisotopic (exact) mass is 417 g/mol. The van der Waals surface area contributed by atoms with Gasteiger partial charge in [-0.25, -0.2) is 0 Å². The molecule has 0 radical (unpaired) electrons. The van der Waals surface area contributed by atoms with Crippen molar-refractivity contribution in [3.05, 3.63) is 65.2 Å². The van der Waals surface area contributed by atoms with E-state index < -0.39 is 6.10 Å². The Balaban J connectivity index is 1.39. The Labute approximate surface area is 179 Å². The summed E-state index contributed by atoms with van der Waals surface area (Å²) >= 11 is 0. The average Bonchev–Trinajstić information content (AvgIpc) is 2.77. The van der Waals surface area contributed by atoms with Gasteiger partial charge in [-0.05, 0) is 55.5 Å². The van der Waals surface area contributed by atoms with Gasteiger partial charge in [0.25, 0.3) is 0 Å². The lowest BCUT2D eigenvalue weighted by Crippen LogP contribution is -2.23. The highest BCUT2D eigenvalue weighted by atomic mass is 16.5. The fourth-order valence-electron chi connectivity index (χ4n) is 3.12. The zero-order valence-electron chi connectivity index (χ0n) is 17.6. The fourth-order valence-corrected chi connectivity index (χ4v) is 3.12. The third-order valence-corrected chi connectivity index (χ3v) is 4.83. The number of hydrogen-bond acceptors (Lipinski definition) is 6. The number of nitrogens with one attached hydrogen (secondary N) is 1. The van der Waals surface area contributed by atoms with Crippen molar-refractivity contribution in [2.75, 3.05) is 39.5 Å². The number of rotatable bonds is 16.